The van der Waals surface area contributed by atoms with E-state index in [9.17, 15) is 13.2 Å². The molecule has 0 fully saturated rings. The van der Waals surface area contributed by atoms with Gasteiger partial charge in [0.25, 0.3) is 5.92 Å². The molecule has 0 heterocycles. The highest BCUT2D eigenvalue weighted by atomic mass is 19.3. The molecule has 19 heavy (non-hydrogen) atoms. The highest BCUT2D eigenvalue weighted by Gasteiger charge is 2.25. The number of hydrogen-bond acceptors (Lipinski definition) is 0. The van der Waals surface area contributed by atoms with E-state index in [2.05, 4.69) is 0 Å². The third-order valence-electron chi connectivity index (χ3n) is 2.67. The molecule has 0 saturated carbocycles. The van der Waals surface area contributed by atoms with Crippen LogP contribution in [0.5, 0.6) is 0 Å². The lowest BCUT2D eigenvalue weighted by molar-refractivity contribution is 0.0567. The van der Waals surface area contributed by atoms with Gasteiger partial charge < -0.3 is 0 Å². The van der Waals surface area contributed by atoms with E-state index >= 15 is 0 Å². The zero-order valence-electron chi connectivity index (χ0n) is 10.2. The molecule has 0 bridgehead atoms. The van der Waals surface area contributed by atoms with E-state index in [4.69, 9.17) is 0 Å². The fourth-order valence-electron chi connectivity index (χ4n) is 1.72. The van der Waals surface area contributed by atoms with Crippen LogP contribution in [0.25, 0.3) is 6.08 Å². The van der Waals surface area contributed by atoms with Crippen molar-refractivity contribution in [1.29, 1.82) is 0 Å². The van der Waals surface area contributed by atoms with Gasteiger partial charge in [-0.3, -0.25) is 0 Å². The summed E-state index contributed by atoms with van der Waals surface area (Å²) in [6.07, 6.45) is 1.82. The number of benzene rings is 2. The first-order valence-corrected chi connectivity index (χ1v) is 5.92. The summed E-state index contributed by atoms with van der Waals surface area (Å²) in [6, 6.07) is 14.0. The van der Waals surface area contributed by atoms with Crippen molar-refractivity contribution in [2.75, 3.05) is 0 Å². The number of halogens is 3. The Labute approximate surface area is 110 Å². The maximum atomic E-state index is 13.7. The minimum Gasteiger partial charge on any atom is -0.207 e. The molecular weight excluding hydrogens is 249 g/mol. The van der Waals surface area contributed by atoms with E-state index in [0.29, 0.717) is 11.1 Å². The number of hydrogen-bond donors (Lipinski definition) is 0. The minimum absolute atomic E-state index is 0.342. The standard InChI is InChI=1S/C16H13F3/c17-15-8-6-13(7-9-15)10-11-16(18,19)12-14-4-2-1-3-5-14/h1-11H,12H2/b11-10+. The van der Waals surface area contributed by atoms with E-state index in [1.165, 1.54) is 30.3 Å². The smallest absolute Gasteiger partial charge is 0.207 e. The monoisotopic (exact) mass is 262 g/mol. The predicted octanol–water partition coefficient (Wildman–Crippen LogP) is 4.72. The van der Waals surface area contributed by atoms with Gasteiger partial charge in [0.05, 0.1) is 0 Å². The van der Waals surface area contributed by atoms with Crippen molar-refractivity contribution in [2.24, 2.45) is 0 Å². The molecule has 0 amide bonds. The number of allylic oxidation sites excluding steroid dienone is 1. The van der Waals surface area contributed by atoms with Gasteiger partial charge in [-0.2, -0.15) is 0 Å². The van der Waals surface area contributed by atoms with Crippen molar-refractivity contribution in [3.8, 4) is 0 Å². The summed E-state index contributed by atoms with van der Waals surface area (Å²) in [6.45, 7) is 0. The Balaban J connectivity index is 2.06. The Bertz CT molecular complexity index is 542. The Hall–Kier alpha value is -2.03. The molecule has 0 aliphatic carbocycles. The quantitative estimate of drug-likeness (QED) is 0.748. The lowest BCUT2D eigenvalue weighted by Crippen LogP contribution is -2.15. The van der Waals surface area contributed by atoms with Gasteiger partial charge in [0.1, 0.15) is 5.82 Å². The summed E-state index contributed by atoms with van der Waals surface area (Å²) in [5, 5.41) is 0. The van der Waals surface area contributed by atoms with Crippen LogP contribution >= 0.6 is 0 Å². The topological polar surface area (TPSA) is 0 Å². The average molecular weight is 262 g/mol. The van der Waals surface area contributed by atoms with Crippen LogP contribution in [0.3, 0.4) is 0 Å². The Kier molecular flexibility index (Phi) is 4.05. The van der Waals surface area contributed by atoms with Crippen LogP contribution < -0.4 is 0 Å². The molecule has 2 rings (SSSR count). The molecule has 98 valence electrons. The molecule has 0 radical (unpaired) electrons. The van der Waals surface area contributed by atoms with E-state index < -0.39 is 5.92 Å². The number of rotatable bonds is 4. The summed E-state index contributed by atoms with van der Waals surface area (Å²) in [5.74, 6) is -3.30. The average Bonchev–Trinajstić information content (AvgIpc) is 2.39. The molecule has 0 saturated heterocycles. The SMILES string of the molecule is Fc1ccc(/C=C/C(F)(F)Cc2ccccc2)cc1. The van der Waals surface area contributed by atoms with Crippen molar-refractivity contribution in [2.45, 2.75) is 12.3 Å². The maximum Gasteiger partial charge on any atom is 0.270 e. The fourth-order valence-corrected chi connectivity index (χ4v) is 1.72. The highest BCUT2D eigenvalue weighted by molar-refractivity contribution is 5.50. The second-order valence-corrected chi connectivity index (χ2v) is 4.31. The van der Waals surface area contributed by atoms with Crippen molar-refractivity contribution >= 4 is 6.08 Å². The maximum absolute atomic E-state index is 13.7. The van der Waals surface area contributed by atoms with Crippen molar-refractivity contribution in [3.63, 3.8) is 0 Å². The van der Waals surface area contributed by atoms with E-state index in [-0.39, 0.29) is 12.2 Å². The molecule has 3 heteroatoms. The lowest BCUT2D eigenvalue weighted by Gasteiger charge is -2.11. The van der Waals surface area contributed by atoms with Crippen LogP contribution in [0.4, 0.5) is 13.2 Å². The van der Waals surface area contributed by atoms with Gasteiger partial charge in [0, 0.05) is 6.42 Å². The molecule has 0 unspecified atom stereocenters. The van der Waals surface area contributed by atoms with Gasteiger partial charge in [-0.15, -0.1) is 0 Å². The molecule has 0 spiro atoms. The van der Waals surface area contributed by atoms with Crippen LogP contribution in [0.15, 0.2) is 60.7 Å². The van der Waals surface area contributed by atoms with Gasteiger partial charge in [-0.05, 0) is 29.3 Å². The van der Waals surface area contributed by atoms with E-state index in [1.807, 2.05) is 0 Å². The van der Waals surface area contributed by atoms with Crippen LogP contribution in [-0.2, 0) is 6.42 Å². The molecule has 2 aromatic carbocycles. The summed E-state index contributed by atoms with van der Waals surface area (Å²) < 4.78 is 40.1. The lowest BCUT2D eigenvalue weighted by atomic mass is 10.1. The molecule has 0 aliphatic rings. The third-order valence-corrected chi connectivity index (χ3v) is 2.67. The van der Waals surface area contributed by atoms with Crippen molar-refractivity contribution in [1.82, 2.24) is 0 Å². The van der Waals surface area contributed by atoms with Crippen LogP contribution in [0.1, 0.15) is 11.1 Å². The van der Waals surface area contributed by atoms with Crippen LogP contribution in [-0.4, -0.2) is 5.92 Å². The molecule has 0 atom stereocenters. The first kappa shape index (κ1) is 13.4. The largest absolute Gasteiger partial charge is 0.270 e. The van der Waals surface area contributed by atoms with Crippen LogP contribution in [0.2, 0.25) is 0 Å². The summed E-state index contributed by atoms with van der Waals surface area (Å²) in [7, 11) is 0. The first-order valence-electron chi connectivity index (χ1n) is 5.92. The molecule has 0 aliphatic heterocycles. The first-order chi connectivity index (χ1) is 9.05. The van der Waals surface area contributed by atoms with Gasteiger partial charge in [-0.25, -0.2) is 13.2 Å². The summed E-state index contributed by atoms with van der Waals surface area (Å²) in [4.78, 5) is 0. The van der Waals surface area contributed by atoms with Gasteiger partial charge in [-0.1, -0.05) is 48.5 Å². The Morgan fingerprint density at radius 2 is 1.53 bits per heavy atom. The second-order valence-electron chi connectivity index (χ2n) is 4.31. The van der Waals surface area contributed by atoms with Crippen LogP contribution in [0, 0.1) is 5.82 Å². The molecule has 0 nitrogen and oxygen atoms in total. The van der Waals surface area contributed by atoms with Gasteiger partial charge in [0.2, 0.25) is 0 Å². The van der Waals surface area contributed by atoms with Gasteiger partial charge in [0.15, 0.2) is 0 Å². The van der Waals surface area contributed by atoms with Gasteiger partial charge >= 0.3 is 0 Å². The normalized spacial score (nSPS) is 11.9. The zero-order valence-corrected chi connectivity index (χ0v) is 10.2. The number of alkyl halides is 2. The third kappa shape index (κ3) is 4.28. The Morgan fingerprint density at radius 1 is 0.895 bits per heavy atom. The van der Waals surface area contributed by atoms with Crippen molar-refractivity contribution < 1.29 is 13.2 Å². The summed E-state index contributed by atoms with van der Waals surface area (Å²) >= 11 is 0. The zero-order chi connectivity index (χ0) is 13.7. The molecular formula is C16H13F3. The fraction of sp³-hybridized carbons (Fsp3) is 0.125. The highest BCUT2D eigenvalue weighted by Crippen LogP contribution is 2.22. The predicted molar refractivity (Wildman–Crippen MR) is 70.5 cm³/mol. The second kappa shape index (κ2) is 5.74. The van der Waals surface area contributed by atoms with E-state index in [0.717, 1.165) is 6.08 Å². The minimum atomic E-state index is -2.92. The molecule has 0 aromatic heterocycles. The van der Waals surface area contributed by atoms with E-state index in [1.54, 1.807) is 30.3 Å². The summed E-state index contributed by atoms with van der Waals surface area (Å²) in [5.41, 5.74) is 1.13. The molecule has 0 N–H and O–H groups in total. The Morgan fingerprint density at radius 3 is 2.16 bits per heavy atom. The van der Waals surface area contributed by atoms with Crippen molar-refractivity contribution in [3.05, 3.63) is 77.6 Å². The molecule has 2 aromatic rings.